The van der Waals surface area contributed by atoms with Gasteiger partial charge in [-0.15, -0.1) is 0 Å². The summed E-state index contributed by atoms with van der Waals surface area (Å²) in [5, 5.41) is 2.51. The van der Waals surface area contributed by atoms with Crippen LogP contribution in [0.15, 0.2) is 23.0 Å². The van der Waals surface area contributed by atoms with Gasteiger partial charge in [0.1, 0.15) is 17.4 Å². The number of furan rings is 1. The Hall–Kier alpha value is -1.78. The summed E-state index contributed by atoms with van der Waals surface area (Å²) in [6.45, 7) is 6.84. The van der Waals surface area contributed by atoms with Gasteiger partial charge in [0, 0.05) is 5.56 Å². The van der Waals surface area contributed by atoms with E-state index in [1.54, 1.807) is 33.8 Å². The van der Waals surface area contributed by atoms with Crippen LogP contribution >= 0.6 is 0 Å². The monoisotopic (exact) mass is 239 g/mol. The SMILES string of the molecule is CC(C)(C)OC(=O)NC(C)(C=O)c1ccoc1. The van der Waals surface area contributed by atoms with Crippen LogP contribution < -0.4 is 5.32 Å². The maximum Gasteiger partial charge on any atom is 0.408 e. The highest BCUT2D eigenvalue weighted by molar-refractivity contribution is 5.77. The fourth-order valence-electron chi connectivity index (χ4n) is 1.25. The first-order valence-electron chi connectivity index (χ1n) is 5.27. The number of rotatable bonds is 3. The van der Waals surface area contributed by atoms with Crippen LogP contribution in [-0.4, -0.2) is 18.0 Å². The molecule has 1 unspecified atom stereocenters. The van der Waals surface area contributed by atoms with E-state index in [1.165, 1.54) is 12.5 Å². The number of aldehydes is 1. The first-order chi connectivity index (χ1) is 7.77. The Balaban J connectivity index is 2.77. The molecule has 0 fully saturated rings. The first kappa shape index (κ1) is 13.3. The van der Waals surface area contributed by atoms with Crippen molar-refractivity contribution in [1.29, 1.82) is 0 Å². The third-order valence-corrected chi connectivity index (χ3v) is 2.12. The minimum absolute atomic E-state index is 0.568. The molecule has 0 bridgehead atoms. The molecule has 1 atom stereocenters. The Morgan fingerprint density at radius 1 is 1.41 bits per heavy atom. The molecular weight excluding hydrogens is 222 g/mol. The lowest BCUT2D eigenvalue weighted by atomic mass is 9.97. The highest BCUT2D eigenvalue weighted by atomic mass is 16.6. The van der Waals surface area contributed by atoms with Crippen molar-refractivity contribution in [2.24, 2.45) is 0 Å². The molecule has 0 saturated heterocycles. The van der Waals surface area contributed by atoms with Crippen molar-refractivity contribution in [3.05, 3.63) is 24.2 Å². The lowest BCUT2D eigenvalue weighted by Crippen LogP contribution is -2.46. The van der Waals surface area contributed by atoms with Gasteiger partial charge in [-0.05, 0) is 33.8 Å². The molecule has 0 aromatic carbocycles. The second kappa shape index (κ2) is 4.61. The van der Waals surface area contributed by atoms with Crippen LogP contribution in [0.1, 0.15) is 33.3 Å². The van der Waals surface area contributed by atoms with E-state index in [2.05, 4.69) is 5.32 Å². The van der Waals surface area contributed by atoms with Crippen molar-refractivity contribution in [1.82, 2.24) is 5.32 Å². The Morgan fingerprint density at radius 2 is 2.06 bits per heavy atom. The zero-order chi connectivity index (χ0) is 13.1. The third-order valence-electron chi connectivity index (χ3n) is 2.12. The van der Waals surface area contributed by atoms with Gasteiger partial charge < -0.3 is 19.3 Å². The molecule has 5 nitrogen and oxygen atoms in total. The minimum atomic E-state index is -1.14. The van der Waals surface area contributed by atoms with E-state index in [9.17, 15) is 9.59 Å². The fourth-order valence-corrected chi connectivity index (χ4v) is 1.25. The Labute approximate surface area is 100 Å². The Bertz CT molecular complexity index is 391. The molecule has 0 aliphatic carbocycles. The van der Waals surface area contributed by atoms with Gasteiger partial charge in [-0.1, -0.05) is 0 Å². The second-order valence-corrected chi connectivity index (χ2v) is 4.96. The molecule has 1 aromatic heterocycles. The fraction of sp³-hybridized carbons (Fsp3) is 0.500. The highest BCUT2D eigenvalue weighted by Crippen LogP contribution is 2.19. The second-order valence-electron chi connectivity index (χ2n) is 4.96. The highest BCUT2D eigenvalue weighted by Gasteiger charge is 2.31. The van der Waals surface area contributed by atoms with Crippen LogP contribution in [0, 0.1) is 0 Å². The Kier molecular flexibility index (Phi) is 3.60. The average Bonchev–Trinajstić information content (AvgIpc) is 2.67. The van der Waals surface area contributed by atoms with Gasteiger partial charge in [-0.25, -0.2) is 4.79 Å². The summed E-state index contributed by atoms with van der Waals surface area (Å²) in [6.07, 6.45) is 2.84. The van der Waals surface area contributed by atoms with Crippen molar-refractivity contribution < 1.29 is 18.7 Å². The van der Waals surface area contributed by atoms with Crippen LogP contribution in [0.25, 0.3) is 0 Å². The summed E-state index contributed by atoms with van der Waals surface area (Å²) in [7, 11) is 0. The van der Waals surface area contributed by atoms with Gasteiger partial charge >= 0.3 is 6.09 Å². The molecule has 0 aliphatic rings. The summed E-state index contributed by atoms with van der Waals surface area (Å²) in [6, 6.07) is 1.62. The molecule has 5 heteroatoms. The molecule has 0 radical (unpaired) electrons. The van der Waals surface area contributed by atoms with Crippen LogP contribution in [0.3, 0.4) is 0 Å². The van der Waals surface area contributed by atoms with Crippen molar-refractivity contribution >= 4 is 12.4 Å². The van der Waals surface area contributed by atoms with E-state index in [-0.39, 0.29) is 0 Å². The zero-order valence-electron chi connectivity index (χ0n) is 10.4. The summed E-state index contributed by atoms with van der Waals surface area (Å²) < 4.78 is 9.99. The lowest BCUT2D eigenvalue weighted by Gasteiger charge is -2.26. The lowest BCUT2D eigenvalue weighted by molar-refractivity contribution is -0.113. The normalized spacial score (nSPS) is 14.8. The van der Waals surface area contributed by atoms with Gasteiger partial charge in [0.15, 0.2) is 0 Å². The number of carbonyl (C=O) groups is 2. The summed E-state index contributed by atoms with van der Waals surface area (Å²) >= 11 is 0. The van der Waals surface area contributed by atoms with Crippen molar-refractivity contribution in [2.45, 2.75) is 38.8 Å². The number of alkyl carbamates (subject to hydrolysis) is 1. The van der Waals surface area contributed by atoms with Crippen LogP contribution in [0.2, 0.25) is 0 Å². The number of ether oxygens (including phenoxy) is 1. The molecule has 0 spiro atoms. The largest absolute Gasteiger partial charge is 0.472 e. The van der Waals surface area contributed by atoms with Gasteiger partial charge in [0.05, 0.1) is 12.5 Å². The number of carbonyl (C=O) groups excluding carboxylic acids is 2. The van der Waals surface area contributed by atoms with E-state index in [0.717, 1.165) is 0 Å². The van der Waals surface area contributed by atoms with Gasteiger partial charge in [0.25, 0.3) is 0 Å². The van der Waals surface area contributed by atoms with E-state index >= 15 is 0 Å². The quantitative estimate of drug-likeness (QED) is 0.821. The molecule has 0 saturated carbocycles. The summed E-state index contributed by atoms with van der Waals surface area (Å²) in [4.78, 5) is 22.7. The number of hydrogen-bond acceptors (Lipinski definition) is 4. The van der Waals surface area contributed by atoms with Crippen LogP contribution in [0.5, 0.6) is 0 Å². The van der Waals surface area contributed by atoms with Crippen molar-refractivity contribution in [3.63, 3.8) is 0 Å². The molecule has 17 heavy (non-hydrogen) atoms. The van der Waals surface area contributed by atoms with Gasteiger partial charge in [-0.3, -0.25) is 0 Å². The standard InChI is InChI=1S/C12H17NO4/c1-11(2,3)17-10(15)13-12(4,8-14)9-5-6-16-7-9/h5-8H,1-4H3,(H,13,15). The van der Waals surface area contributed by atoms with E-state index in [0.29, 0.717) is 11.8 Å². The molecule has 1 aromatic rings. The minimum Gasteiger partial charge on any atom is -0.472 e. The van der Waals surface area contributed by atoms with Gasteiger partial charge in [0.2, 0.25) is 0 Å². The first-order valence-corrected chi connectivity index (χ1v) is 5.27. The molecule has 1 rings (SSSR count). The van der Waals surface area contributed by atoms with Crippen molar-refractivity contribution in [3.8, 4) is 0 Å². The van der Waals surface area contributed by atoms with Crippen LogP contribution in [-0.2, 0) is 15.1 Å². The predicted octanol–water partition coefficient (Wildman–Crippen LogP) is 2.22. The smallest absolute Gasteiger partial charge is 0.408 e. The molecule has 0 aliphatic heterocycles. The molecule has 1 heterocycles. The number of amides is 1. The summed E-state index contributed by atoms with van der Waals surface area (Å²) in [5.41, 5.74) is -1.18. The average molecular weight is 239 g/mol. The summed E-state index contributed by atoms with van der Waals surface area (Å²) in [5.74, 6) is 0. The predicted molar refractivity (Wildman–Crippen MR) is 61.5 cm³/mol. The number of hydrogen-bond donors (Lipinski definition) is 1. The van der Waals surface area contributed by atoms with E-state index in [4.69, 9.17) is 9.15 Å². The molecule has 94 valence electrons. The van der Waals surface area contributed by atoms with Crippen molar-refractivity contribution in [2.75, 3.05) is 0 Å². The molecule has 1 amide bonds. The van der Waals surface area contributed by atoms with Crippen LogP contribution in [0.4, 0.5) is 4.79 Å². The van der Waals surface area contributed by atoms with E-state index < -0.39 is 17.2 Å². The Morgan fingerprint density at radius 3 is 2.47 bits per heavy atom. The molecular formula is C12H17NO4. The zero-order valence-corrected chi connectivity index (χ0v) is 10.4. The van der Waals surface area contributed by atoms with E-state index in [1.807, 2.05) is 0 Å². The molecule has 1 N–H and O–H groups in total. The van der Waals surface area contributed by atoms with Gasteiger partial charge in [-0.2, -0.15) is 0 Å². The number of nitrogens with one attached hydrogen (secondary N) is 1. The maximum atomic E-state index is 11.6. The third kappa shape index (κ3) is 3.62. The maximum absolute atomic E-state index is 11.6. The topological polar surface area (TPSA) is 68.5 Å².